The fraction of sp³-hybridized carbons (Fsp3) is 0.167. The molecule has 1 aliphatic heterocycles. The summed E-state index contributed by atoms with van der Waals surface area (Å²) in [4.78, 5) is 1.94. The van der Waals surface area contributed by atoms with Gasteiger partial charge in [0.2, 0.25) is 0 Å². The lowest BCUT2D eigenvalue weighted by atomic mass is 10.1. The Bertz CT molecular complexity index is 607. The summed E-state index contributed by atoms with van der Waals surface area (Å²) in [5, 5.41) is 5.35. The molecule has 3 nitrogen and oxygen atoms in total. The van der Waals surface area contributed by atoms with E-state index in [0.717, 1.165) is 26.3 Å². The SMILES string of the molecule is CC(N)Nc1cccc2c3c(ccc12)S3=O. The van der Waals surface area contributed by atoms with Crippen molar-refractivity contribution in [3.63, 3.8) is 0 Å². The average molecular weight is 232 g/mol. The molecule has 0 aromatic heterocycles. The van der Waals surface area contributed by atoms with E-state index >= 15 is 0 Å². The molecule has 16 heavy (non-hydrogen) atoms. The molecule has 1 heterocycles. The van der Waals surface area contributed by atoms with Crippen LogP contribution in [-0.4, -0.2) is 10.4 Å². The predicted octanol–water partition coefficient (Wildman–Crippen LogP) is 2.04. The molecule has 2 aromatic rings. The topological polar surface area (TPSA) is 55.1 Å². The summed E-state index contributed by atoms with van der Waals surface area (Å²) in [6.45, 7) is 1.89. The molecule has 0 aliphatic carbocycles. The third-order valence-electron chi connectivity index (χ3n) is 2.70. The molecular formula is C12H12N2OS. The highest BCUT2D eigenvalue weighted by molar-refractivity contribution is 7.91. The number of nitrogens with two attached hydrogens (primary N) is 1. The van der Waals surface area contributed by atoms with Crippen LogP contribution in [0.1, 0.15) is 6.92 Å². The molecule has 0 saturated carbocycles. The van der Waals surface area contributed by atoms with Crippen molar-refractivity contribution in [3.05, 3.63) is 30.3 Å². The highest BCUT2D eigenvalue weighted by Gasteiger charge is 2.31. The summed E-state index contributed by atoms with van der Waals surface area (Å²) < 4.78 is 11.6. The second-order valence-corrected chi connectivity index (χ2v) is 5.38. The number of anilines is 1. The maximum Gasteiger partial charge on any atom is 0.0881 e. The Labute approximate surface area is 96.1 Å². The normalized spacial score (nSPS) is 19.2. The number of nitrogens with one attached hydrogen (secondary N) is 1. The highest BCUT2D eigenvalue weighted by atomic mass is 32.2. The fourth-order valence-corrected chi connectivity index (χ4v) is 3.13. The van der Waals surface area contributed by atoms with Gasteiger partial charge in [0.25, 0.3) is 0 Å². The molecule has 0 fully saturated rings. The van der Waals surface area contributed by atoms with Crippen molar-refractivity contribution in [3.8, 4) is 0 Å². The van der Waals surface area contributed by atoms with Crippen molar-refractivity contribution < 1.29 is 4.21 Å². The van der Waals surface area contributed by atoms with Gasteiger partial charge >= 0.3 is 0 Å². The summed E-state index contributed by atoms with van der Waals surface area (Å²) in [5.74, 6) is 0. The second kappa shape index (κ2) is 3.30. The standard InChI is InChI=1S/C12H12N2OS/c1-7(13)14-10-4-2-3-9-8(10)5-6-11-12(9)16(11)15/h2-7,14H,13H2,1H3. The zero-order chi connectivity index (χ0) is 11.3. The molecule has 0 bridgehead atoms. The minimum atomic E-state index is -0.869. The molecule has 0 amide bonds. The summed E-state index contributed by atoms with van der Waals surface area (Å²) in [6.07, 6.45) is -0.0972. The van der Waals surface area contributed by atoms with Crippen molar-refractivity contribution in [2.24, 2.45) is 5.73 Å². The smallest absolute Gasteiger partial charge is 0.0881 e. The summed E-state index contributed by atoms with van der Waals surface area (Å²) in [5.41, 5.74) is 6.72. The minimum absolute atomic E-state index is 0.0972. The van der Waals surface area contributed by atoms with E-state index in [1.54, 1.807) is 0 Å². The number of fused-ring (bicyclic) bond motifs is 3. The molecule has 0 spiro atoms. The second-order valence-electron chi connectivity index (χ2n) is 4.00. The number of benzene rings is 2. The molecular weight excluding hydrogens is 220 g/mol. The van der Waals surface area contributed by atoms with E-state index in [1.807, 2.05) is 37.3 Å². The molecule has 2 unspecified atom stereocenters. The highest BCUT2D eigenvalue weighted by Crippen LogP contribution is 2.43. The molecule has 82 valence electrons. The minimum Gasteiger partial charge on any atom is -0.370 e. The number of hydrogen-bond donors (Lipinski definition) is 2. The first kappa shape index (κ1) is 9.81. The van der Waals surface area contributed by atoms with Crippen LogP contribution in [0.2, 0.25) is 0 Å². The Balaban J connectivity index is 2.22. The molecule has 0 radical (unpaired) electrons. The number of rotatable bonds is 2. The van der Waals surface area contributed by atoms with Gasteiger partial charge in [0, 0.05) is 16.5 Å². The van der Waals surface area contributed by atoms with Gasteiger partial charge in [-0.25, -0.2) is 4.21 Å². The van der Waals surface area contributed by atoms with Crippen LogP contribution in [0.25, 0.3) is 10.8 Å². The third-order valence-corrected chi connectivity index (χ3v) is 4.05. The van der Waals surface area contributed by atoms with Crippen molar-refractivity contribution in [1.29, 1.82) is 0 Å². The lowest BCUT2D eigenvalue weighted by Gasteiger charge is -2.12. The Morgan fingerprint density at radius 2 is 2.06 bits per heavy atom. The van der Waals surface area contributed by atoms with Crippen LogP contribution in [0.3, 0.4) is 0 Å². The molecule has 1 aliphatic rings. The van der Waals surface area contributed by atoms with Crippen LogP contribution in [0.5, 0.6) is 0 Å². The molecule has 4 heteroatoms. The molecule has 2 aromatic carbocycles. The Morgan fingerprint density at radius 1 is 1.25 bits per heavy atom. The van der Waals surface area contributed by atoms with Gasteiger partial charge in [-0.05, 0) is 19.1 Å². The lowest BCUT2D eigenvalue weighted by molar-refractivity contribution is 0.693. The van der Waals surface area contributed by atoms with Crippen molar-refractivity contribution in [2.75, 3.05) is 5.32 Å². The van der Waals surface area contributed by atoms with Crippen LogP contribution >= 0.6 is 0 Å². The summed E-state index contributed by atoms with van der Waals surface area (Å²) in [6, 6.07) is 9.89. The Morgan fingerprint density at radius 3 is 2.81 bits per heavy atom. The molecule has 2 atom stereocenters. The van der Waals surface area contributed by atoms with Crippen LogP contribution in [0.4, 0.5) is 5.69 Å². The van der Waals surface area contributed by atoms with Crippen LogP contribution < -0.4 is 11.1 Å². The Kier molecular flexibility index (Phi) is 2.02. The maximum atomic E-state index is 11.6. The van der Waals surface area contributed by atoms with Crippen LogP contribution in [0, 0.1) is 0 Å². The largest absolute Gasteiger partial charge is 0.370 e. The van der Waals surface area contributed by atoms with Gasteiger partial charge < -0.3 is 11.1 Å². The van der Waals surface area contributed by atoms with Gasteiger partial charge in [-0.15, -0.1) is 0 Å². The van der Waals surface area contributed by atoms with E-state index < -0.39 is 10.8 Å². The third kappa shape index (κ3) is 1.34. The zero-order valence-corrected chi connectivity index (χ0v) is 9.67. The first-order chi connectivity index (χ1) is 7.68. The Hall–Kier alpha value is -1.39. The van der Waals surface area contributed by atoms with E-state index in [9.17, 15) is 4.21 Å². The zero-order valence-electron chi connectivity index (χ0n) is 8.86. The van der Waals surface area contributed by atoms with E-state index in [0.29, 0.717) is 0 Å². The lowest BCUT2D eigenvalue weighted by Crippen LogP contribution is -2.25. The van der Waals surface area contributed by atoms with Gasteiger partial charge in [-0.2, -0.15) is 0 Å². The first-order valence-electron chi connectivity index (χ1n) is 5.18. The maximum absolute atomic E-state index is 11.6. The van der Waals surface area contributed by atoms with Gasteiger partial charge in [0.05, 0.1) is 26.8 Å². The van der Waals surface area contributed by atoms with Crippen molar-refractivity contribution >= 4 is 27.3 Å². The van der Waals surface area contributed by atoms with Gasteiger partial charge in [0.1, 0.15) is 0 Å². The van der Waals surface area contributed by atoms with E-state index in [1.165, 1.54) is 0 Å². The fourth-order valence-electron chi connectivity index (χ4n) is 1.99. The number of hydrogen-bond acceptors (Lipinski definition) is 3. The average Bonchev–Trinajstić information content (AvgIpc) is 2.90. The van der Waals surface area contributed by atoms with Gasteiger partial charge in [-0.1, -0.05) is 18.2 Å². The predicted molar refractivity (Wildman–Crippen MR) is 65.9 cm³/mol. The monoisotopic (exact) mass is 232 g/mol. The van der Waals surface area contributed by atoms with Crippen molar-refractivity contribution in [1.82, 2.24) is 0 Å². The van der Waals surface area contributed by atoms with Gasteiger partial charge in [-0.3, -0.25) is 0 Å². The molecule has 3 N–H and O–H groups in total. The van der Waals surface area contributed by atoms with Gasteiger partial charge in [0.15, 0.2) is 0 Å². The quantitative estimate of drug-likeness (QED) is 0.525. The van der Waals surface area contributed by atoms with E-state index in [2.05, 4.69) is 5.32 Å². The van der Waals surface area contributed by atoms with Crippen molar-refractivity contribution in [2.45, 2.75) is 22.9 Å². The van der Waals surface area contributed by atoms with Crippen LogP contribution in [-0.2, 0) is 10.8 Å². The summed E-state index contributed by atoms with van der Waals surface area (Å²) >= 11 is 0. The van der Waals surface area contributed by atoms with E-state index in [-0.39, 0.29) is 6.17 Å². The molecule has 3 rings (SSSR count). The van der Waals surface area contributed by atoms with E-state index in [4.69, 9.17) is 5.73 Å². The summed E-state index contributed by atoms with van der Waals surface area (Å²) in [7, 11) is -0.869. The van der Waals surface area contributed by atoms with Crippen LogP contribution in [0.15, 0.2) is 40.1 Å². The molecule has 0 saturated heterocycles. The first-order valence-corrected chi connectivity index (χ1v) is 6.33.